The average molecular weight is 336 g/mol. The fourth-order valence-corrected chi connectivity index (χ4v) is 3.60. The smallest absolute Gasteiger partial charge is 0.322 e. The van der Waals surface area contributed by atoms with Crippen molar-refractivity contribution in [3.8, 4) is 0 Å². The van der Waals surface area contributed by atoms with Crippen molar-refractivity contribution >= 4 is 29.2 Å². The summed E-state index contributed by atoms with van der Waals surface area (Å²) in [6.45, 7) is 0.606. The molecule has 0 radical (unpaired) electrons. The van der Waals surface area contributed by atoms with E-state index in [1.165, 1.54) is 12.8 Å². The Morgan fingerprint density at radius 1 is 1.13 bits per heavy atom. The Hall–Kier alpha value is -1.75. The number of urea groups is 1. The van der Waals surface area contributed by atoms with Gasteiger partial charge in [-0.2, -0.15) is 0 Å². The zero-order valence-electron chi connectivity index (χ0n) is 13.1. The lowest BCUT2D eigenvalue weighted by Crippen LogP contribution is -2.49. The molecule has 1 aromatic rings. The van der Waals surface area contributed by atoms with E-state index >= 15 is 0 Å². The largest absolute Gasteiger partial charge is 0.352 e. The number of halogens is 1. The second kappa shape index (κ2) is 7.21. The number of amides is 3. The molecular weight excluding hydrogens is 314 g/mol. The monoisotopic (exact) mass is 335 g/mol. The maximum atomic E-state index is 12.5. The van der Waals surface area contributed by atoms with Gasteiger partial charge in [0.25, 0.3) is 0 Å². The number of anilines is 1. The highest BCUT2D eigenvalue weighted by molar-refractivity contribution is 6.30. The van der Waals surface area contributed by atoms with Gasteiger partial charge in [0.1, 0.15) is 6.04 Å². The van der Waals surface area contributed by atoms with Crippen LogP contribution < -0.4 is 10.6 Å². The summed E-state index contributed by atoms with van der Waals surface area (Å²) in [7, 11) is 0. The van der Waals surface area contributed by atoms with Crippen molar-refractivity contribution in [3.63, 3.8) is 0 Å². The third-order valence-electron chi connectivity index (χ3n) is 4.59. The van der Waals surface area contributed by atoms with Gasteiger partial charge < -0.3 is 15.5 Å². The first-order chi connectivity index (χ1) is 11.1. The van der Waals surface area contributed by atoms with Crippen LogP contribution in [0.2, 0.25) is 5.02 Å². The summed E-state index contributed by atoms with van der Waals surface area (Å²) in [5, 5.41) is 6.49. The number of carbonyl (C=O) groups excluding carboxylic acids is 2. The van der Waals surface area contributed by atoms with Crippen molar-refractivity contribution in [1.29, 1.82) is 0 Å². The lowest BCUT2D eigenvalue weighted by molar-refractivity contribution is -0.125. The van der Waals surface area contributed by atoms with E-state index in [4.69, 9.17) is 11.6 Å². The minimum atomic E-state index is -0.366. The molecule has 1 saturated carbocycles. The molecule has 6 heteroatoms. The minimum Gasteiger partial charge on any atom is -0.352 e. The lowest BCUT2D eigenvalue weighted by atomic mass is 10.1. The van der Waals surface area contributed by atoms with Gasteiger partial charge in [-0.15, -0.1) is 0 Å². The summed E-state index contributed by atoms with van der Waals surface area (Å²) < 4.78 is 0. The van der Waals surface area contributed by atoms with E-state index in [1.807, 2.05) is 0 Å². The number of nitrogens with one attached hydrogen (secondary N) is 2. The van der Waals surface area contributed by atoms with Gasteiger partial charge in [0.05, 0.1) is 0 Å². The highest BCUT2D eigenvalue weighted by Gasteiger charge is 2.35. The van der Waals surface area contributed by atoms with Crippen molar-refractivity contribution in [2.24, 2.45) is 0 Å². The van der Waals surface area contributed by atoms with Crippen LogP contribution >= 0.6 is 11.6 Å². The van der Waals surface area contributed by atoms with Gasteiger partial charge in [-0.05, 0) is 43.9 Å². The summed E-state index contributed by atoms with van der Waals surface area (Å²) in [6.07, 6.45) is 6.02. The molecule has 0 unspecified atom stereocenters. The van der Waals surface area contributed by atoms with Crippen LogP contribution in [-0.2, 0) is 4.79 Å². The van der Waals surface area contributed by atoms with Gasteiger partial charge in [-0.25, -0.2) is 4.79 Å². The molecule has 1 saturated heterocycles. The maximum absolute atomic E-state index is 12.5. The Bertz CT molecular complexity index is 587. The first-order valence-corrected chi connectivity index (χ1v) is 8.65. The van der Waals surface area contributed by atoms with Crippen molar-refractivity contribution in [1.82, 2.24) is 10.2 Å². The zero-order chi connectivity index (χ0) is 16.2. The van der Waals surface area contributed by atoms with Crippen molar-refractivity contribution < 1.29 is 9.59 Å². The Morgan fingerprint density at radius 3 is 2.65 bits per heavy atom. The molecule has 1 aromatic carbocycles. The molecule has 1 aliphatic heterocycles. The number of carbonyl (C=O) groups is 2. The van der Waals surface area contributed by atoms with Crippen LogP contribution in [0.3, 0.4) is 0 Å². The zero-order valence-corrected chi connectivity index (χ0v) is 13.8. The molecule has 0 bridgehead atoms. The third kappa shape index (κ3) is 3.96. The standard InChI is InChI=1S/C17H22ClN3O2/c18-12-5-3-8-14(11-12)20-17(23)21-10-4-9-15(21)16(22)19-13-6-1-2-7-13/h3,5,8,11,13,15H,1-2,4,6-7,9-10H2,(H,19,22)(H,20,23)/t15-/m0/s1. The molecule has 3 amide bonds. The van der Waals surface area contributed by atoms with E-state index < -0.39 is 0 Å². The minimum absolute atomic E-state index is 0.0179. The average Bonchev–Trinajstić information content (AvgIpc) is 3.18. The van der Waals surface area contributed by atoms with E-state index in [2.05, 4.69) is 10.6 Å². The molecule has 0 spiro atoms. The molecule has 2 N–H and O–H groups in total. The Balaban J connectivity index is 1.61. The van der Waals surface area contributed by atoms with Crippen LogP contribution in [0.1, 0.15) is 38.5 Å². The van der Waals surface area contributed by atoms with Crippen LogP contribution in [0, 0.1) is 0 Å². The maximum Gasteiger partial charge on any atom is 0.322 e. The van der Waals surface area contributed by atoms with Crippen LogP contribution in [0.25, 0.3) is 0 Å². The van der Waals surface area contributed by atoms with Gasteiger partial charge in [0.15, 0.2) is 0 Å². The fraction of sp³-hybridized carbons (Fsp3) is 0.529. The number of nitrogens with zero attached hydrogens (tertiary/aromatic N) is 1. The number of benzene rings is 1. The molecule has 124 valence electrons. The summed E-state index contributed by atoms with van der Waals surface area (Å²) in [5.74, 6) is -0.0179. The molecule has 1 heterocycles. The van der Waals surface area contributed by atoms with Crippen LogP contribution in [0.15, 0.2) is 24.3 Å². The summed E-state index contributed by atoms with van der Waals surface area (Å²) in [4.78, 5) is 26.6. The predicted octanol–water partition coefficient (Wildman–Crippen LogP) is 3.40. The number of hydrogen-bond acceptors (Lipinski definition) is 2. The number of rotatable bonds is 3. The summed E-state index contributed by atoms with van der Waals surface area (Å²) in [5.41, 5.74) is 0.643. The number of hydrogen-bond donors (Lipinski definition) is 2. The molecule has 1 aliphatic carbocycles. The van der Waals surface area contributed by atoms with Gasteiger partial charge >= 0.3 is 6.03 Å². The second-order valence-corrected chi connectivity index (χ2v) is 6.72. The molecule has 3 rings (SSSR count). The molecule has 5 nitrogen and oxygen atoms in total. The quantitative estimate of drug-likeness (QED) is 0.889. The van der Waals surface area contributed by atoms with Crippen LogP contribution in [0.4, 0.5) is 10.5 Å². The Labute approximate surface area is 141 Å². The number of likely N-dealkylation sites (tertiary alicyclic amines) is 1. The van der Waals surface area contributed by atoms with E-state index in [0.29, 0.717) is 17.3 Å². The van der Waals surface area contributed by atoms with Crippen molar-refractivity contribution in [2.45, 2.75) is 50.6 Å². The highest BCUT2D eigenvalue weighted by Crippen LogP contribution is 2.22. The van der Waals surface area contributed by atoms with Gasteiger partial charge in [0.2, 0.25) is 5.91 Å². The van der Waals surface area contributed by atoms with Gasteiger partial charge in [-0.3, -0.25) is 4.79 Å². The van der Waals surface area contributed by atoms with Gasteiger partial charge in [-0.1, -0.05) is 30.5 Å². The van der Waals surface area contributed by atoms with Gasteiger partial charge in [0, 0.05) is 23.3 Å². The van der Waals surface area contributed by atoms with E-state index in [-0.39, 0.29) is 24.0 Å². The van der Waals surface area contributed by atoms with Crippen LogP contribution in [0.5, 0.6) is 0 Å². The molecule has 2 fully saturated rings. The SMILES string of the molecule is O=C(NC1CCCC1)[C@@H]1CCCN1C(=O)Nc1cccc(Cl)c1. The molecule has 23 heavy (non-hydrogen) atoms. The Kier molecular flexibility index (Phi) is 5.06. The topological polar surface area (TPSA) is 61.4 Å². The first kappa shape index (κ1) is 16.1. The molecule has 0 aromatic heterocycles. The van der Waals surface area contributed by atoms with E-state index in [0.717, 1.165) is 25.7 Å². The molecule has 2 aliphatic rings. The summed E-state index contributed by atoms with van der Waals surface area (Å²) in [6, 6.07) is 6.69. The lowest BCUT2D eigenvalue weighted by Gasteiger charge is -2.25. The first-order valence-electron chi connectivity index (χ1n) is 8.27. The fourth-order valence-electron chi connectivity index (χ4n) is 3.41. The summed E-state index contributed by atoms with van der Waals surface area (Å²) >= 11 is 5.93. The van der Waals surface area contributed by atoms with E-state index in [9.17, 15) is 9.59 Å². The molecule has 1 atom stereocenters. The third-order valence-corrected chi connectivity index (χ3v) is 4.83. The van der Waals surface area contributed by atoms with Crippen molar-refractivity contribution in [3.05, 3.63) is 29.3 Å². The van der Waals surface area contributed by atoms with Crippen molar-refractivity contribution in [2.75, 3.05) is 11.9 Å². The van der Waals surface area contributed by atoms with Crippen LogP contribution in [-0.4, -0.2) is 35.5 Å². The second-order valence-electron chi connectivity index (χ2n) is 6.28. The van der Waals surface area contributed by atoms with E-state index in [1.54, 1.807) is 29.2 Å². The highest BCUT2D eigenvalue weighted by atomic mass is 35.5. The normalized spacial score (nSPS) is 21.4. The Morgan fingerprint density at radius 2 is 1.91 bits per heavy atom. The molecular formula is C17H22ClN3O2. The predicted molar refractivity (Wildman–Crippen MR) is 90.6 cm³/mol.